The zero-order valence-electron chi connectivity index (χ0n) is 11.4. The number of carbonyl (C=O) groups is 1. The van der Waals surface area contributed by atoms with Crippen molar-refractivity contribution in [2.75, 3.05) is 14.1 Å². The highest BCUT2D eigenvalue weighted by Crippen LogP contribution is 2.34. The Labute approximate surface area is 131 Å². The minimum atomic E-state index is -3.65. The number of sulfonamides is 1. The highest BCUT2D eigenvalue weighted by Gasteiger charge is 2.12. The van der Waals surface area contributed by atoms with E-state index in [1.165, 1.54) is 22.7 Å². The van der Waals surface area contributed by atoms with Crippen LogP contribution in [0.15, 0.2) is 49.7 Å². The fraction of sp³-hybridized carbons (Fsp3) is 0.154. The molecule has 0 fully saturated rings. The second-order valence-corrected chi connectivity index (χ2v) is 8.69. The lowest BCUT2D eigenvalue weighted by Gasteiger charge is -2.10. The molecule has 0 radical (unpaired) electrons. The maximum absolute atomic E-state index is 11.8. The SMILES string of the molecule is CN(C)C(=O)c1ccc(Sc2ccc(S(N)(=O)=O)s2)cc1. The maximum atomic E-state index is 11.8. The number of benzene rings is 1. The van der Waals surface area contributed by atoms with Gasteiger partial charge in [-0.2, -0.15) is 0 Å². The molecule has 2 N–H and O–H groups in total. The molecule has 5 nitrogen and oxygen atoms in total. The van der Waals surface area contributed by atoms with Crippen LogP contribution in [0.25, 0.3) is 0 Å². The summed E-state index contributed by atoms with van der Waals surface area (Å²) in [5.74, 6) is -0.0563. The largest absolute Gasteiger partial charge is 0.345 e. The number of amides is 1. The summed E-state index contributed by atoms with van der Waals surface area (Å²) in [6, 6.07) is 10.4. The zero-order valence-corrected chi connectivity index (χ0v) is 13.9. The Bertz CT molecular complexity index is 749. The second-order valence-electron chi connectivity index (χ2n) is 4.44. The van der Waals surface area contributed by atoms with Gasteiger partial charge < -0.3 is 4.90 Å². The molecule has 112 valence electrons. The molecule has 0 saturated heterocycles. The van der Waals surface area contributed by atoms with Crippen molar-refractivity contribution in [3.63, 3.8) is 0 Å². The van der Waals surface area contributed by atoms with Crippen LogP contribution in [0.1, 0.15) is 10.4 Å². The van der Waals surface area contributed by atoms with Crippen LogP contribution >= 0.6 is 23.1 Å². The average molecular weight is 342 g/mol. The Morgan fingerprint density at radius 1 is 1.14 bits per heavy atom. The van der Waals surface area contributed by atoms with Gasteiger partial charge in [-0.25, -0.2) is 13.6 Å². The second kappa shape index (κ2) is 6.18. The first-order valence-electron chi connectivity index (χ1n) is 5.89. The van der Waals surface area contributed by atoms with E-state index in [1.54, 1.807) is 32.3 Å². The van der Waals surface area contributed by atoms with Crippen molar-refractivity contribution in [3.8, 4) is 0 Å². The van der Waals surface area contributed by atoms with Gasteiger partial charge in [0.05, 0.1) is 4.21 Å². The number of rotatable bonds is 4. The number of hydrogen-bond donors (Lipinski definition) is 1. The Morgan fingerprint density at radius 3 is 2.24 bits per heavy atom. The summed E-state index contributed by atoms with van der Waals surface area (Å²) >= 11 is 2.55. The number of thiophene rings is 1. The highest BCUT2D eigenvalue weighted by atomic mass is 32.3. The number of nitrogens with two attached hydrogens (primary N) is 1. The highest BCUT2D eigenvalue weighted by molar-refractivity contribution is 8.01. The molecule has 0 atom stereocenters. The normalized spacial score (nSPS) is 11.4. The molecule has 0 spiro atoms. The fourth-order valence-electron chi connectivity index (χ4n) is 1.55. The van der Waals surface area contributed by atoms with E-state index in [-0.39, 0.29) is 10.1 Å². The fourth-order valence-corrected chi connectivity index (χ4v) is 4.54. The van der Waals surface area contributed by atoms with Gasteiger partial charge in [0.1, 0.15) is 4.21 Å². The van der Waals surface area contributed by atoms with E-state index in [0.29, 0.717) is 5.56 Å². The van der Waals surface area contributed by atoms with Crippen molar-refractivity contribution in [2.24, 2.45) is 5.14 Å². The van der Waals surface area contributed by atoms with E-state index in [1.807, 2.05) is 12.1 Å². The zero-order chi connectivity index (χ0) is 15.6. The van der Waals surface area contributed by atoms with Gasteiger partial charge in [-0.3, -0.25) is 4.79 Å². The van der Waals surface area contributed by atoms with E-state index in [9.17, 15) is 13.2 Å². The summed E-state index contributed by atoms with van der Waals surface area (Å²) in [4.78, 5) is 14.2. The van der Waals surface area contributed by atoms with Crippen LogP contribution in [-0.2, 0) is 10.0 Å². The van der Waals surface area contributed by atoms with E-state index in [2.05, 4.69) is 0 Å². The van der Waals surface area contributed by atoms with Gasteiger partial charge in [-0.15, -0.1) is 11.3 Å². The smallest absolute Gasteiger partial charge is 0.253 e. The molecule has 1 aromatic carbocycles. The van der Waals surface area contributed by atoms with Crippen molar-refractivity contribution in [2.45, 2.75) is 13.3 Å². The first kappa shape index (κ1) is 16.0. The van der Waals surface area contributed by atoms with Gasteiger partial charge in [0.15, 0.2) is 0 Å². The molecule has 1 heterocycles. The van der Waals surface area contributed by atoms with Crippen LogP contribution in [0.2, 0.25) is 0 Å². The molecular weight excluding hydrogens is 328 g/mol. The third-order valence-electron chi connectivity index (χ3n) is 2.56. The summed E-state index contributed by atoms with van der Waals surface area (Å²) in [6.07, 6.45) is 0. The van der Waals surface area contributed by atoms with Crippen molar-refractivity contribution in [3.05, 3.63) is 42.0 Å². The van der Waals surface area contributed by atoms with E-state index in [0.717, 1.165) is 20.4 Å². The summed E-state index contributed by atoms with van der Waals surface area (Å²) in [5, 5.41) is 5.08. The Balaban J connectivity index is 2.14. The molecule has 0 aliphatic rings. The average Bonchev–Trinajstić information content (AvgIpc) is 2.87. The summed E-state index contributed by atoms with van der Waals surface area (Å²) in [5.41, 5.74) is 0.612. The Hall–Kier alpha value is -1.35. The van der Waals surface area contributed by atoms with Crippen molar-refractivity contribution >= 4 is 39.0 Å². The predicted molar refractivity (Wildman–Crippen MR) is 84.3 cm³/mol. The Morgan fingerprint density at radius 2 is 1.76 bits per heavy atom. The first-order valence-corrected chi connectivity index (χ1v) is 9.07. The molecule has 2 rings (SSSR count). The van der Waals surface area contributed by atoms with Crippen molar-refractivity contribution < 1.29 is 13.2 Å². The van der Waals surface area contributed by atoms with Crippen molar-refractivity contribution in [1.29, 1.82) is 0 Å². The van der Waals surface area contributed by atoms with Crippen LogP contribution in [0.3, 0.4) is 0 Å². The molecule has 0 saturated carbocycles. The van der Waals surface area contributed by atoms with E-state index < -0.39 is 10.0 Å². The minimum Gasteiger partial charge on any atom is -0.345 e. The van der Waals surface area contributed by atoms with Crippen LogP contribution in [0.4, 0.5) is 0 Å². The van der Waals surface area contributed by atoms with E-state index in [4.69, 9.17) is 5.14 Å². The number of hydrogen-bond acceptors (Lipinski definition) is 5. The first-order chi connectivity index (χ1) is 9.77. The molecule has 0 aliphatic carbocycles. The lowest BCUT2D eigenvalue weighted by molar-refractivity contribution is 0.0827. The summed E-state index contributed by atoms with van der Waals surface area (Å²) in [6.45, 7) is 0. The molecule has 0 aliphatic heterocycles. The summed E-state index contributed by atoms with van der Waals surface area (Å²) < 4.78 is 23.4. The van der Waals surface area contributed by atoms with Crippen LogP contribution < -0.4 is 5.14 Å². The van der Waals surface area contributed by atoms with Crippen molar-refractivity contribution in [1.82, 2.24) is 4.90 Å². The van der Waals surface area contributed by atoms with Gasteiger partial charge in [0.2, 0.25) is 10.0 Å². The molecule has 8 heteroatoms. The monoisotopic (exact) mass is 342 g/mol. The summed E-state index contributed by atoms with van der Waals surface area (Å²) in [7, 11) is -0.247. The third-order valence-corrected chi connectivity index (χ3v) is 6.23. The molecule has 0 unspecified atom stereocenters. The molecule has 1 amide bonds. The van der Waals surface area contributed by atoms with Gasteiger partial charge in [-0.05, 0) is 36.4 Å². The van der Waals surface area contributed by atoms with E-state index >= 15 is 0 Å². The molecular formula is C13H14N2O3S3. The van der Waals surface area contributed by atoms with Gasteiger partial charge >= 0.3 is 0 Å². The van der Waals surface area contributed by atoms with Gasteiger partial charge in [0, 0.05) is 24.6 Å². The van der Waals surface area contributed by atoms with Crippen LogP contribution in [0.5, 0.6) is 0 Å². The predicted octanol–water partition coefficient (Wildman–Crippen LogP) is 2.25. The topological polar surface area (TPSA) is 80.5 Å². The maximum Gasteiger partial charge on any atom is 0.253 e. The quantitative estimate of drug-likeness (QED) is 0.924. The number of primary sulfonamides is 1. The number of carbonyl (C=O) groups excluding carboxylic acids is 1. The number of nitrogens with zero attached hydrogens (tertiary/aromatic N) is 1. The molecule has 2 aromatic rings. The standard InChI is InChI=1S/C13H14N2O3S3/c1-15(2)13(16)9-3-5-10(6-4-9)19-11-7-8-12(20-11)21(14,17)18/h3-8H,1-2H3,(H2,14,17,18). The molecule has 21 heavy (non-hydrogen) atoms. The lowest BCUT2D eigenvalue weighted by Crippen LogP contribution is -2.21. The third kappa shape index (κ3) is 4.07. The van der Waals surface area contributed by atoms with Crippen LogP contribution in [0, 0.1) is 0 Å². The molecule has 0 bridgehead atoms. The Kier molecular flexibility index (Phi) is 4.72. The van der Waals surface area contributed by atoms with Gasteiger partial charge in [-0.1, -0.05) is 11.8 Å². The minimum absolute atomic E-state index is 0.0563. The molecule has 1 aromatic heterocycles. The van der Waals surface area contributed by atoms with Crippen LogP contribution in [-0.4, -0.2) is 33.3 Å². The lowest BCUT2D eigenvalue weighted by atomic mass is 10.2. The van der Waals surface area contributed by atoms with Gasteiger partial charge in [0.25, 0.3) is 5.91 Å².